The molecule has 0 amide bonds. The van der Waals surface area contributed by atoms with E-state index in [1.165, 1.54) is 0 Å². The first-order valence-corrected chi connectivity index (χ1v) is 9.64. The summed E-state index contributed by atoms with van der Waals surface area (Å²) >= 11 is 0. The fourth-order valence-corrected chi connectivity index (χ4v) is 2.72. The number of rotatable bonds is 13. The van der Waals surface area contributed by atoms with Crippen molar-refractivity contribution < 1.29 is 19.3 Å². The van der Waals surface area contributed by atoms with Crippen LogP contribution in [-0.2, 0) is 16.1 Å². The van der Waals surface area contributed by atoms with E-state index in [1.807, 2.05) is 38.1 Å². The Morgan fingerprint density at radius 2 is 1.54 bits per heavy atom. The monoisotopic (exact) mass is 367 g/mol. The lowest BCUT2D eigenvalue weighted by Gasteiger charge is -2.32. The fraction of sp³-hybridized carbons (Fsp3) is 0.714. The summed E-state index contributed by atoms with van der Waals surface area (Å²) in [5.41, 5.74) is 1.09. The zero-order valence-electron chi connectivity index (χ0n) is 17.3. The number of ether oxygens (including phenoxy) is 3. The molecule has 0 bridgehead atoms. The van der Waals surface area contributed by atoms with Crippen LogP contribution in [0.2, 0.25) is 0 Å². The summed E-state index contributed by atoms with van der Waals surface area (Å²) in [5, 5.41) is 10.2. The molecule has 26 heavy (non-hydrogen) atoms. The van der Waals surface area contributed by atoms with Gasteiger partial charge in [0.1, 0.15) is 18.5 Å². The molecule has 1 atom stereocenters. The van der Waals surface area contributed by atoms with Gasteiger partial charge in [0.15, 0.2) is 0 Å². The average molecular weight is 368 g/mol. The van der Waals surface area contributed by atoms with Gasteiger partial charge in [-0.1, -0.05) is 12.1 Å². The number of aliphatic hydroxyl groups is 1. The molecule has 1 aromatic carbocycles. The first-order valence-electron chi connectivity index (χ1n) is 9.64. The van der Waals surface area contributed by atoms with Crippen LogP contribution in [0.4, 0.5) is 0 Å². The molecule has 5 nitrogen and oxygen atoms in total. The molecular weight excluding hydrogens is 330 g/mol. The lowest BCUT2D eigenvalue weighted by molar-refractivity contribution is 0.0143. The summed E-state index contributed by atoms with van der Waals surface area (Å²) in [6, 6.07) is 8.60. The van der Waals surface area contributed by atoms with Gasteiger partial charge in [0, 0.05) is 18.6 Å². The standard InChI is InChI=1S/C21H37NO4/c1-16(2)22(17(3)4)13-20(23)15-26-21-9-7-19(8-10-21)14-24-11-12-25-18(5)6/h7-10,16-18,20,23H,11-15H2,1-6H3. The molecule has 5 heteroatoms. The summed E-state index contributed by atoms with van der Waals surface area (Å²) in [5.74, 6) is 0.761. The Kier molecular flexibility index (Phi) is 10.8. The molecule has 0 aliphatic heterocycles. The Labute approximate surface area is 159 Å². The number of hydrogen-bond acceptors (Lipinski definition) is 5. The van der Waals surface area contributed by atoms with Gasteiger partial charge in [-0.15, -0.1) is 0 Å². The molecule has 1 unspecified atom stereocenters. The van der Waals surface area contributed by atoms with Crippen molar-refractivity contribution >= 4 is 0 Å². The highest BCUT2D eigenvalue weighted by Gasteiger charge is 2.17. The van der Waals surface area contributed by atoms with Crippen LogP contribution in [0.3, 0.4) is 0 Å². The van der Waals surface area contributed by atoms with E-state index in [9.17, 15) is 5.11 Å². The van der Waals surface area contributed by atoms with Gasteiger partial charge in [0.25, 0.3) is 0 Å². The Balaban J connectivity index is 2.31. The van der Waals surface area contributed by atoms with E-state index < -0.39 is 6.10 Å². The van der Waals surface area contributed by atoms with Crippen LogP contribution in [0.25, 0.3) is 0 Å². The van der Waals surface area contributed by atoms with E-state index in [2.05, 4.69) is 32.6 Å². The van der Waals surface area contributed by atoms with E-state index in [0.29, 0.717) is 45.1 Å². The Hall–Kier alpha value is -1.14. The van der Waals surface area contributed by atoms with Crippen molar-refractivity contribution in [2.75, 3.05) is 26.4 Å². The first-order chi connectivity index (χ1) is 12.3. The van der Waals surface area contributed by atoms with Crippen LogP contribution >= 0.6 is 0 Å². The number of nitrogens with zero attached hydrogens (tertiary/aromatic N) is 1. The smallest absolute Gasteiger partial charge is 0.119 e. The number of hydrogen-bond donors (Lipinski definition) is 1. The van der Waals surface area contributed by atoms with Crippen LogP contribution in [0.5, 0.6) is 5.75 Å². The van der Waals surface area contributed by atoms with Gasteiger partial charge < -0.3 is 19.3 Å². The molecule has 1 N–H and O–H groups in total. The maximum atomic E-state index is 10.2. The van der Waals surface area contributed by atoms with Crippen LogP contribution in [0.15, 0.2) is 24.3 Å². The topological polar surface area (TPSA) is 51.2 Å². The van der Waals surface area contributed by atoms with E-state index in [1.54, 1.807) is 0 Å². The summed E-state index contributed by atoms with van der Waals surface area (Å²) in [4.78, 5) is 2.26. The van der Waals surface area contributed by atoms with E-state index in [0.717, 1.165) is 11.3 Å². The average Bonchev–Trinajstić information content (AvgIpc) is 2.57. The molecule has 0 aliphatic carbocycles. The summed E-state index contributed by atoms with van der Waals surface area (Å²) in [7, 11) is 0. The molecule has 0 heterocycles. The molecule has 1 aromatic rings. The maximum absolute atomic E-state index is 10.2. The van der Waals surface area contributed by atoms with Crippen molar-refractivity contribution in [3.8, 4) is 5.75 Å². The summed E-state index contributed by atoms with van der Waals surface area (Å²) in [6.07, 6.45) is -0.276. The van der Waals surface area contributed by atoms with Crippen molar-refractivity contribution in [1.82, 2.24) is 4.90 Å². The van der Waals surface area contributed by atoms with Crippen molar-refractivity contribution in [3.63, 3.8) is 0 Å². The van der Waals surface area contributed by atoms with Gasteiger partial charge in [-0.25, -0.2) is 0 Å². The molecule has 0 saturated carbocycles. The summed E-state index contributed by atoms with van der Waals surface area (Å²) < 4.78 is 16.7. The van der Waals surface area contributed by atoms with Gasteiger partial charge in [0.2, 0.25) is 0 Å². The zero-order valence-corrected chi connectivity index (χ0v) is 17.3. The fourth-order valence-electron chi connectivity index (χ4n) is 2.72. The second-order valence-electron chi connectivity index (χ2n) is 7.47. The molecule has 1 rings (SSSR count). The molecule has 0 saturated heterocycles. The molecule has 0 aromatic heterocycles. The minimum atomic E-state index is -0.510. The Bertz CT molecular complexity index is 465. The Morgan fingerprint density at radius 1 is 0.923 bits per heavy atom. The van der Waals surface area contributed by atoms with Crippen molar-refractivity contribution in [2.24, 2.45) is 0 Å². The normalized spacial score (nSPS) is 13.2. The van der Waals surface area contributed by atoms with Gasteiger partial charge in [0.05, 0.1) is 25.9 Å². The van der Waals surface area contributed by atoms with E-state index >= 15 is 0 Å². The summed E-state index contributed by atoms with van der Waals surface area (Å²) in [6.45, 7) is 15.3. The Morgan fingerprint density at radius 3 is 2.08 bits per heavy atom. The van der Waals surface area contributed by atoms with Crippen molar-refractivity contribution in [2.45, 2.75) is 72.4 Å². The highest BCUT2D eigenvalue weighted by Crippen LogP contribution is 2.14. The van der Waals surface area contributed by atoms with E-state index in [-0.39, 0.29) is 6.10 Å². The predicted molar refractivity (Wildman–Crippen MR) is 106 cm³/mol. The number of benzene rings is 1. The second-order valence-corrected chi connectivity index (χ2v) is 7.47. The van der Waals surface area contributed by atoms with Crippen molar-refractivity contribution in [1.29, 1.82) is 0 Å². The van der Waals surface area contributed by atoms with Crippen molar-refractivity contribution in [3.05, 3.63) is 29.8 Å². The SMILES string of the molecule is CC(C)OCCOCc1ccc(OCC(O)CN(C(C)C)C(C)C)cc1. The third-order valence-electron chi connectivity index (χ3n) is 4.06. The quantitative estimate of drug-likeness (QED) is 0.541. The highest BCUT2D eigenvalue weighted by molar-refractivity contribution is 5.26. The molecule has 0 aliphatic rings. The molecule has 0 fully saturated rings. The van der Waals surface area contributed by atoms with Crippen LogP contribution in [0, 0.1) is 0 Å². The third-order valence-corrected chi connectivity index (χ3v) is 4.06. The molecule has 0 radical (unpaired) electrons. The van der Waals surface area contributed by atoms with E-state index in [4.69, 9.17) is 14.2 Å². The minimum Gasteiger partial charge on any atom is -0.491 e. The predicted octanol–water partition coefficient (Wildman–Crippen LogP) is 3.49. The van der Waals surface area contributed by atoms with Gasteiger partial charge >= 0.3 is 0 Å². The number of aliphatic hydroxyl groups excluding tert-OH is 1. The molecule has 150 valence electrons. The first kappa shape index (κ1) is 22.9. The second kappa shape index (κ2) is 12.3. The van der Waals surface area contributed by atoms with Crippen LogP contribution < -0.4 is 4.74 Å². The largest absolute Gasteiger partial charge is 0.491 e. The highest BCUT2D eigenvalue weighted by atomic mass is 16.5. The molecular formula is C21H37NO4. The van der Waals surface area contributed by atoms with Gasteiger partial charge in [-0.05, 0) is 59.2 Å². The van der Waals surface area contributed by atoms with Crippen LogP contribution in [0.1, 0.15) is 47.1 Å². The van der Waals surface area contributed by atoms with Gasteiger partial charge in [-0.2, -0.15) is 0 Å². The zero-order chi connectivity index (χ0) is 19.5. The maximum Gasteiger partial charge on any atom is 0.119 e. The minimum absolute atomic E-state index is 0.235. The lowest BCUT2D eigenvalue weighted by Crippen LogP contribution is -2.43. The lowest BCUT2D eigenvalue weighted by atomic mass is 10.2. The third kappa shape index (κ3) is 9.53. The van der Waals surface area contributed by atoms with Gasteiger partial charge in [-0.3, -0.25) is 4.90 Å². The van der Waals surface area contributed by atoms with Crippen LogP contribution in [-0.4, -0.2) is 60.7 Å². The molecule has 0 spiro atoms.